The van der Waals surface area contributed by atoms with Crippen LogP contribution in [0, 0.1) is 5.82 Å². The molecule has 0 saturated heterocycles. The van der Waals surface area contributed by atoms with Crippen molar-refractivity contribution in [2.45, 2.75) is 25.4 Å². The summed E-state index contributed by atoms with van der Waals surface area (Å²) in [5.41, 5.74) is 5.93. The van der Waals surface area contributed by atoms with Gasteiger partial charge in [-0.3, -0.25) is 4.90 Å². The zero-order valence-corrected chi connectivity index (χ0v) is 17.2. The van der Waals surface area contributed by atoms with Crippen molar-refractivity contribution in [3.05, 3.63) is 113 Å². The van der Waals surface area contributed by atoms with Gasteiger partial charge in [-0.25, -0.2) is 4.39 Å². The summed E-state index contributed by atoms with van der Waals surface area (Å²) in [6.07, 6.45) is 4.41. The summed E-state index contributed by atoms with van der Waals surface area (Å²) >= 11 is 0. The normalized spacial score (nSPS) is 15.6. The largest absolute Gasteiger partial charge is 0.388 e. The number of hydrogen-bond acceptors (Lipinski definition) is 2. The zero-order chi connectivity index (χ0) is 20.8. The second-order valence-corrected chi connectivity index (χ2v) is 8.00. The third kappa shape index (κ3) is 5.44. The van der Waals surface area contributed by atoms with Crippen LogP contribution < -0.4 is 0 Å². The summed E-state index contributed by atoms with van der Waals surface area (Å²) < 4.78 is 13.0. The quantitative estimate of drug-likeness (QED) is 0.555. The summed E-state index contributed by atoms with van der Waals surface area (Å²) in [7, 11) is 0. The lowest BCUT2D eigenvalue weighted by atomic mass is 9.98. The van der Waals surface area contributed by atoms with Gasteiger partial charge in [0.15, 0.2) is 0 Å². The smallest absolute Gasteiger partial charge is 0.123 e. The highest BCUT2D eigenvalue weighted by molar-refractivity contribution is 5.66. The van der Waals surface area contributed by atoms with E-state index in [0.29, 0.717) is 0 Å². The number of nitrogens with zero attached hydrogens (tertiary/aromatic N) is 1. The Morgan fingerprint density at radius 3 is 2.17 bits per heavy atom. The lowest BCUT2D eigenvalue weighted by Gasteiger charge is -2.27. The van der Waals surface area contributed by atoms with Crippen molar-refractivity contribution in [1.82, 2.24) is 4.90 Å². The van der Waals surface area contributed by atoms with Gasteiger partial charge in [-0.15, -0.1) is 0 Å². The molecule has 1 atom stereocenters. The topological polar surface area (TPSA) is 23.5 Å². The lowest BCUT2D eigenvalue weighted by molar-refractivity contribution is 0.145. The minimum atomic E-state index is -0.454. The number of aliphatic hydroxyl groups excluding tert-OH is 1. The molecular formula is C27H28FNO. The van der Waals surface area contributed by atoms with Crippen molar-refractivity contribution in [3.63, 3.8) is 0 Å². The first kappa shape index (κ1) is 20.5. The molecule has 1 aliphatic heterocycles. The molecule has 3 heteroatoms. The molecule has 0 aliphatic carbocycles. The van der Waals surface area contributed by atoms with Gasteiger partial charge >= 0.3 is 0 Å². The number of hydrogen-bond donors (Lipinski definition) is 1. The summed E-state index contributed by atoms with van der Waals surface area (Å²) in [5.74, 6) is -0.210. The Morgan fingerprint density at radius 2 is 1.53 bits per heavy atom. The first-order valence-electron chi connectivity index (χ1n) is 10.7. The summed E-state index contributed by atoms with van der Waals surface area (Å²) in [4.78, 5) is 2.40. The highest BCUT2D eigenvalue weighted by Crippen LogP contribution is 2.24. The molecular weight excluding hydrogens is 373 g/mol. The van der Waals surface area contributed by atoms with Crippen LogP contribution in [-0.4, -0.2) is 29.6 Å². The van der Waals surface area contributed by atoms with E-state index in [2.05, 4.69) is 53.4 Å². The number of aliphatic hydroxyl groups is 1. The van der Waals surface area contributed by atoms with E-state index in [0.717, 1.165) is 55.6 Å². The molecule has 1 N–H and O–H groups in total. The predicted octanol–water partition coefficient (Wildman–Crippen LogP) is 5.63. The molecule has 0 fully saturated rings. The molecule has 0 saturated carbocycles. The fourth-order valence-electron chi connectivity index (χ4n) is 4.00. The predicted molar refractivity (Wildman–Crippen MR) is 121 cm³/mol. The van der Waals surface area contributed by atoms with E-state index < -0.39 is 6.10 Å². The van der Waals surface area contributed by atoms with E-state index in [1.54, 1.807) is 0 Å². The molecule has 0 spiro atoms. The van der Waals surface area contributed by atoms with Gasteiger partial charge in [-0.2, -0.15) is 0 Å². The first-order valence-corrected chi connectivity index (χ1v) is 10.7. The molecule has 3 aromatic rings. The van der Waals surface area contributed by atoms with E-state index in [4.69, 9.17) is 0 Å². The highest BCUT2D eigenvalue weighted by atomic mass is 19.1. The van der Waals surface area contributed by atoms with Crippen LogP contribution in [0.15, 0.2) is 84.9 Å². The Morgan fingerprint density at radius 1 is 0.867 bits per heavy atom. The van der Waals surface area contributed by atoms with Gasteiger partial charge in [0, 0.05) is 19.6 Å². The van der Waals surface area contributed by atoms with E-state index >= 15 is 0 Å². The van der Waals surface area contributed by atoms with Crippen LogP contribution in [0.2, 0.25) is 0 Å². The molecule has 0 radical (unpaired) electrons. The van der Waals surface area contributed by atoms with Crippen LogP contribution in [-0.2, 0) is 6.42 Å². The Kier molecular flexibility index (Phi) is 6.73. The second-order valence-electron chi connectivity index (χ2n) is 8.00. The van der Waals surface area contributed by atoms with E-state index in [9.17, 15) is 9.50 Å². The van der Waals surface area contributed by atoms with E-state index in [1.807, 2.05) is 24.3 Å². The van der Waals surface area contributed by atoms with Gasteiger partial charge in [0.25, 0.3) is 0 Å². The van der Waals surface area contributed by atoms with Crippen molar-refractivity contribution >= 4 is 5.57 Å². The zero-order valence-electron chi connectivity index (χ0n) is 17.2. The molecule has 1 heterocycles. The van der Waals surface area contributed by atoms with Crippen LogP contribution >= 0.6 is 0 Å². The van der Waals surface area contributed by atoms with Crippen LogP contribution in [0.1, 0.15) is 41.2 Å². The summed E-state index contributed by atoms with van der Waals surface area (Å²) in [5, 5.41) is 10.6. The molecule has 0 amide bonds. The fourth-order valence-corrected chi connectivity index (χ4v) is 4.00. The Hall–Kier alpha value is -2.75. The monoisotopic (exact) mass is 401 g/mol. The summed E-state index contributed by atoms with van der Waals surface area (Å²) in [6.45, 7) is 2.86. The van der Waals surface area contributed by atoms with Crippen molar-refractivity contribution < 1.29 is 9.50 Å². The number of benzene rings is 3. The van der Waals surface area contributed by atoms with Crippen molar-refractivity contribution in [1.29, 1.82) is 0 Å². The van der Waals surface area contributed by atoms with Crippen LogP contribution in [0.5, 0.6) is 0 Å². The third-order valence-corrected chi connectivity index (χ3v) is 5.84. The Balaban J connectivity index is 1.26. The van der Waals surface area contributed by atoms with Gasteiger partial charge in [0.05, 0.1) is 6.10 Å². The van der Waals surface area contributed by atoms with Crippen LogP contribution in [0.3, 0.4) is 0 Å². The van der Waals surface area contributed by atoms with Crippen molar-refractivity contribution in [2.75, 3.05) is 19.6 Å². The van der Waals surface area contributed by atoms with Crippen molar-refractivity contribution in [2.24, 2.45) is 0 Å². The van der Waals surface area contributed by atoms with Gasteiger partial charge in [0.1, 0.15) is 5.82 Å². The summed E-state index contributed by atoms with van der Waals surface area (Å²) in [6, 6.07) is 25.3. The van der Waals surface area contributed by atoms with Gasteiger partial charge in [0.2, 0.25) is 0 Å². The van der Waals surface area contributed by atoms with Crippen molar-refractivity contribution in [3.8, 4) is 0 Å². The van der Waals surface area contributed by atoms with Gasteiger partial charge < -0.3 is 5.11 Å². The molecule has 1 unspecified atom stereocenters. The van der Waals surface area contributed by atoms with Gasteiger partial charge in [-0.1, -0.05) is 72.8 Å². The van der Waals surface area contributed by atoms with Crippen LogP contribution in [0.4, 0.5) is 4.39 Å². The molecule has 4 rings (SSSR count). The highest BCUT2D eigenvalue weighted by Gasteiger charge is 2.15. The molecule has 0 aromatic heterocycles. The van der Waals surface area contributed by atoms with Crippen LogP contribution in [0.25, 0.3) is 5.57 Å². The lowest BCUT2D eigenvalue weighted by Crippen LogP contribution is -2.30. The maximum Gasteiger partial charge on any atom is 0.123 e. The average molecular weight is 402 g/mol. The van der Waals surface area contributed by atoms with Gasteiger partial charge in [-0.05, 0) is 59.2 Å². The maximum absolute atomic E-state index is 13.0. The molecule has 3 aromatic carbocycles. The Bertz CT molecular complexity index is 964. The molecule has 1 aliphatic rings. The second kappa shape index (κ2) is 9.84. The SMILES string of the molecule is OC(CCN1CC=C(c2ccccc2)CC1)c1ccc(Cc2ccc(F)cc2)cc1. The first-order chi connectivity index (χ1) is 14.7. The van der Waals surface area contributed by atoms with E-state index in [1.165, 1.54) is 23.3 Å². The minimum absolute atomic E-state index is 0.210. The molecule has 30 heavy (non-hydrogen) atoms. The average Bonchev–Trinajstić information content (AvgIpc) is 2.80. The number of rotatable bonds is 7. The standard InChI is InChI=1S/C27H28FNO/c28-26-12-8-22(9-13-26)20-21-6-10-25(11-7-21)27(30)16-19-29-17-14-24(15-18-29)23-4-2-1-3-5-23/h1-14,27,30H,15-20H2. The fraction of sp³-hybridized carbons (Fsp3) is 0.259. The number of halogens is 1. The third-order valence-electron chi connectivity index (χ3n) is 5.84. The molecule has 0 bridgehead atoms. The molecule has 154 valence electrons. The van der Waals surface area contributed by atoms with E-state index in [-0.39, 0.29) is 5.82 Å². The Labute approximate surface area is 178 Å². The maximum atomic E-state index is 13.0. The minimum Gasteiger partial charge on any atom is -0.388 e. The molecule has 2 nitrogen and oxygen atoms in total.